The van der Waals surface area contributed by atoms with E-state index in [1.807, 2.05) is 30.5 Å². The minimum Gasteiger partial charge on any atom is -0.480 e. The third-order valence-electron chi connectivity index (χ3n) is 3.94. The Labute approximate surface area is 145 Å². The first-order valence-electron chi connectivity index (χ1n) is 8.29. The molecule has 25 heavy (non-hydrogen) atoms. The van der Waals surface area contributed by atoms with Crippen LogP contribution in [0.3, 0.4) is 0 Å². The van der Waals surface area contributed by atoms with Gasteiger partial charge in [0.25, 0.3) is 0 Å². The number of aromatic nitrogens is 1. The van der Waals surface area contributed by atoms with Gasteiger partial charge in [0.05, 0.1) is 6.42 Å². The van der Waals surface area contributed by atoms with Gasteiger partial charge < -0.3 is 20.7 Å². The molecule has 0 fully saturated rings. The molecule has 1 unspecified atom stereocenters. The molecule has 0 aliphatic heterocycles. The van der Waals surface area contributed by atoms with E-state index in [9.17, 15) is 14.4 Å². The summed E-state index contributed by atoms with van der Waals surface area (Å²) >= 11 is 0. The number of nitrogens with one attached hydrogen (secondary N) is 3. The fourth-order valence-electron chi connectivity index (χ4n) is 2.72. The second-order valence-electron chi connectivity index (χ2n) is 5.97. The van der Waals surface area contributed by atoms with Crippen molar-refractivity contribution in [2.45, 2.75) is 38.6 Å². The lowest BCUT2D eigenvalue weighted by molar-refractivity contribution is -0.141. The molecule has 0 spiro atoms. The molecule has 4 N–H and O–H groups in total. The van der Waals surface area contributed by atoms with Gasteiger partial charge in [-0.05, 0) is 30.9 Å². The number of unbranched alkanes of at least 4 members (excludes halogenated alkanes) is 1. The molecule has 1 aromatic carbocycles. The molecule has 0 saturated carbocycles. The van der Waals surface area contributed by atoms with Crippen molar-refractivity contribution >= 4 is 28.7 Å². The Balaban J connectivity index is 1.70. The standard InChI is InChI=1S/C18H23N3O4/c1-12(22)21-16(18(24)25)8-4-5-9-19-17(23)10-13-11-20-15-7-3-2-6-14(13)15/h2-3,6-7,11,16,20H,4-5,8-10H2,1H3,(H,19,23)(H,21,22)(H,24,25). The van der Waals surface area contributed by atoms with Gasteiger partial charge in [-0.1, -0.05) is 18.2 Å². The number of hydrogen-bond acceptors (Lipinski definition) is 3. The van der Waals surface area contributed by atoms with Gasteiger partial charge in [0.2, 0.25) is 11.8 Å². The maximum absolute atomic E-state index is 12.0. The molecule has 2 amide bonds. The first-order valence-corrected chi connectivity index (χ1v) is 8.29. The normalized spacial score (nSPS) is 11.9. The molecule has 0 bridgehead atoms. The number of aromatic amines is 1. The van der Waals surface area contributed by atoms with Crippen molar-refractivity contribution in [3.63, 3.8) is 0 Å². The van der Waals surface area contributed by atoms with Gasteiger partial charge >= 0.3 is 5.97 Å². The second-order valence-corrected chi connectivity index (χ2v) is 5.97. The lowest BCUT2D eigenvalue weighted by Crippen LogP contribution is -2.39. The summed E-state index contributed by atoms with van der Waals surface area (Å²) in [4.78, 5) is 37.1. The van der Waals surface area contributed by atoms with E-state index in [2.05, 4.69) is 15.6 Å². The van der Waals surface area contributed by atoms with Crippen LogP contribution in [0.5, 0.6) is 0 Å². The van der Waals surface area contributed by atoms with E-state index in [-0.39, 0.29) is 11.8 Å². The summed E-state index contributed by atoms with van der Waals surface area (Å²) < 4.78 is 0. The molecule has 1 heterocycles. The highest BCUT2D eigenvalue weighted by Gasteiger charge is 2.17. The molecular weight excluding hydrogens is 322 g/mol. The van der Waals surface area contributed by atoms with Crippen LogP contribution in [0.1, 0.15) is 31.7 Å². The summed E-state index contributed by atoms with van der Waals surface area (Å²) in [5.74, 6) is -1.47. The molecule has 0 aliphatic rings. The first kappa shape index (κ1) is 18.5. The smallest absolute Gasteiger partial charge is 0.326 e. The van der Waals surface area contributed by atoms with Crippen molar-refractivity contribution in [1.29, 1.82) is 0 Å². The molecule has 1 aromatic heterocycles. The maximum atomic E-state index is 12.0. The van der Waals surface area contributed by atoms with Crippen LogP contribution in [-0.2, 0) is 20.8 Å². The molecule has 7 nitrogen and oxygen atoms in total. The molecule has 0 saturated heterocycles. The number of carbonyl (C=O) groups excluding carboxylic acids is 2. The van der Waals surface area contributed by atoms with Crippen LogP contribution >= 0.6 is 0 Å². The number of fused-ring (bicyclic) bond motifs is 1. The molecular formula is C18H23N3O4. The van der Waals surface area contributed by atoms with E-state index < -0.39 is 12.0 Å². The van der Waals surface area contributed by atoms with Gasteiger partial charge in [-0.2, -0.15) is 0 Å². The molecule has 1 atom stereocenters. The number of aliphatic carboxylic acids is 1. The second kappa shape index (κ2) is 8.86. The minimum absolute atomic E-state index is 0.0681. The Hall–Kier alpha value is -2.83. The van der Waals surface area contributed by atoms with Gasteiger partial charge in [-0.15, -0.1) is 0 Å². The van der Waals surface area contributed by atoms with Gasteiger partial charge in [-0.3, -0.25) is 9.59 Å². The monoisotopic (exact) mass is 345 g/mol. The van der Waals surface area contributed by atoms with Crippen molar-refractivity contribution in [2.24, 2.45) is 0 Å². The molecule has 2 rings (SSSR count). The number of carbonyl (C=O) groups is 3. The van der Waals surface area contributed by atoms with Crippen LogP contribution in [0.2, 0.25) is 0 Å². The highest BCUT2D eigenvalue weighted by molar-refractivity contribution is 5.88. The predicted molar refractivity (Wildman–Crippen MR) is 94.1 cm³/mol. The topological polar surface area (TPSA) is 111 Å². The number of para-hydroxylation sites is 1. The number of rotatable bonds is 9. The van der Waals surface area contributed by atoms with Gasteiger partial charge in [0, 0.05) is 30.6 Å². The summed E-state index contributed by atoms with van der Waals surface area (Å²) in [6.45, 7) is 1.77. The fourth-order valence-corrected chi connectivity index (χ4v) is 2.72. The average Bonchev–Trinajstić information content (AvgIpc) is 2.96. The molecule has 0 aliphatic carbocycles. The van der Waals surface area contributed by atoms with Crippen LogP contribution in [0.15, 0.2) is 30.5 Å². The summed E-state index contributed by atoms with van der Waals surface area (Å²) in [5.41, 5.74) is 1.95. The van der Waals surface area contributed by atoms with E-state index in [0.717, 1.165) is 16.5 Å². The number of carboxylic acid groups (broad SMARTS) is 1. The Morgan fingerprint density at radius 2 is 1.96 bits per heavy atom. The summed E-state index contributed by atoms with van der Waals surface area (Å²) in [6.07, 6.45) is 3.74. The maximum Gasteiger partial charge on any atom is 0.326 e. The minimum atomic E-state index is -1.04. The predicted octanol–water partition coefficient (Wildman–Crippen LogP) is 1.59. The molecule has 7 heteroatoms. The van der Waals surface area contributed by atoms with Crippen molar-refractivity contribution in [3.05, 3.63) is 36.0 Å². The van der Waals surface area contributed by atoms with Crippen LogP contribution < -0.4 is 10.6 Å². The van der Waals surface area contributed by atoms with Crippen molar-refractivity contribution in [3.8, 4) is 0 Å². The Morgan fingerprint density at radius 3 is 2.68 bits per heavy atom. The van der Waals surface area contributed by atoms with Crippen LogP contribution in [-0.4, -0.2) is 40.5 Å². The highest BCUT2D eigenvalue weighted by atomic mass is 16.4. The summed E-state index contributed by atoms with van der Waals surface area (Å²) in [7, 11) is 0. The van der Waals surface area contributed by atoms with E-state index in [1.165, 1.54) is 6.92 Å². The quantitative estimate of drug-likeness (QED) is 0.517. The number of benzene rings is 1. The Kier molecular flexibility index (Phi) is 6.56. The fraction of sp³-hybridized carbons (Fsp3) is 0.389. The van der Waals surface area contributed by atoms with Gasteiger partial charge in [-0.25, -0.2) is 4.79 Å². The van der Waals surface area contributed by atoms with Gasteiger partial charge in [0.1, 0.15) is 6.04 Å². The number of hydrogen-bond donors (Lipinski definition) is 4. The summed E-state index contributed by atoms with van der Waals surface area (Å²) in [6, 6.07) is 6.94. The average molecular weight is 345 g/mol. The van der Waals surface area contributed by atoms with Crippen LogP contribution in [0.4, 0.5) is 0 Å². The molecule has 2 aromatic rings. The third-order valence-corrected chi connectivity index (χ3v) is 3.94. The van der Waals surface area contributed by atoms with E-state index in [0.29, 0.717) is 32.2 Å². The lowest BCUT2D eigenvalue weighted by Gasteiger charge is -2.13. The van der Waals surface area contributed by atoms with Crippen molar-refractivity contribution in [1.82, 2.24) is 15.6 Å². The van der Waals surface area contributed by atoms with E-state index in [4.69, 9.17) is 5.11 Å². The van der Waals surface area contributed by atoms with E-state index in [1.54, 1.807) is 0 Å². The van der Waals surface area contributed by atoms with Crippen molar-refractivity contribution in [2.75, 3.05) is 6.54 Å². The molecule has 134 valence electrons. The molecule has 0 radical (unpaired) electrons. The number of H-pyrrole nitrogens is 1. The summed E-state index contributed by atoms with van der Waals surface area (Å²) in [5, 5.41) is 15.3. The van der Waals surface area contributed by atoms with Crippen LogP contribution in [0.25, 0.3) is 10.9 Å². The lowest BCUT2D eigenvalue weighted by atomic mass is 10.1. The van der Waals surface area contributed by atoms with Crippen molar-refractivity contribution < 1.29 is 19.5 Å². The zero-order chi connectivity index (χ0) is 18.2. The zero-order valence-electron chi connectivity index (χ0n) is 14.2. The SMILES string of the molecule is CC(=O)NC(CCCCNC(=O)Cc1c[nH]c2ccccc12)C(=O)O. The van der Waals surface area contributed by atoms with Crippen LogP contribution in [0, 0.1) is 0 Å². The third kappa shape index (κ3) is 5.63. The zero-order valence-corrected chi connectivity index (χ0v) is 14.2. The van der Waals surface area contributed by atoms with E-state index >= 15 is 0 Å². The Morgan fingerprint density at radius 1 is 1.20 bits per heavy atom. The Bertz CT molecular complexity index is 754. The number of carboxylic acids is 1. The largest absolute Gasteiger partial charge is 0.480 e. The number of amides is 2. The first-order chi connectivity index (χ1) is 12.0. The van der Waals surface area contributed by atoms with Gasteiger partial charge in [0.15, 0.2) is 0 Å². The highest BCUT2D eigenvalue weighted by Crippen LogP contribution is 2.17.